The maximum Gasteiger partial charge on any atom is 0.223 e. The summed E-state index contributed by atoms with van der Waals surface area (Å²) in [7, 11) is 0. The van der Waals surface area contributed by atoms with Gasteiger partial charge in [0.15, 0.2) is 0 Å². The van der Waals surface area contributed by atoms with Crippen molar-refractivity contribution in [1.29, 1.82) is 5.26 Å². The second-order valence-electron chi connectivity index (χ2n) is 4.48. The Morgan fingerprint density at radius 3 is 2.86 bits per heavy atom. The van der Waals surface area contributed by atoms with Gasteiger partial charge in [-0.1, -0.05) is 36.2 Å². The predicted octanol–water partition coefficient (Wildman–Crippen LogP) is 3.91. The number of carbonyl (C=O) groups is 1. The van der Waals surface area contributed by atoms with Crippen molar-refractivity contribution in [3.8, 4) is 11.8 Å². The van der Waals surface area contributed by atoms with Crippen molar-refractivity contribution in [3.05, 3.63) is 28.2 Å². The molecule has 0 bridgehead atoms. The van der Waals surface area contributed by atoms with Crippen LogP contribution in [0.3, 0.4) is 0 Å². The molecule has 21 heavy (non-hydrogen) atoms. The highest BCUT2D eigenvalue weighted by Crippen LogP contribution is 2.31. The summed E-state index contributed by atoms with van der Waals surface area (Å²) in [6.07, 6.45) is 1.75. The monoisotopic (exact) mass is 328 g/mol. The Balaban J connectivity index is 2.38. The van der Waals surface area contributed by atoms with E-state index in [4.69, 9.17) is 33.2 Å². The minimum absolute atomic E-state index is 0.0285. The number of halogens is 2. The van der Waals surface area contributed by atoms with E-state index in [1.54, 1.807) is 23.1 Å². The fourth-order valence-corrected chi connectivity index (χ4v) is 2.15. The number of ether oxygens (including phenoxy) is 1. The van der Waals surface area contributed by atoms with Crippen molar-refractivity contribution in [1.82, 2.24) is 4.90 Å². The van der Waals surface area contributed by atoms with E-state index < -0.39 is 0 Å². The average Bonchev–Trinajstić information content (AvgIpc) is 2.47. The van der Waals surface area contributed by atoms with Crippen molar-refractivity contribution in [2.24, 2.45) is 0 Å². The van der Waals surface area contributed by atoms with Gasteiger partial charge < -0.3 is 9.64 Å². The molecule has 1 rings (SSSR count). The Morgan fingerprint density at radius 2 is 2.19 bits per heavy atom. The van der Waals surface area contributed by atoms with Crippen LogP contribution in [0.4, 0.5) is 0 Å². The summed E-state index contributed by atoms with van der Waals surface area (Å²) in [6, 6.07) is 7.18. The minimum atomic E-state index is -0.0285. The second kappa shape index (κ2) is 9.49. The molecule has 1 amide bonds. The molecular weight excluding hydrogens is 311 g/mol. The van der Waals surface area contributed by atoms with Crippen LogP contribution in [0.5, 0.6) is 5.75 Å². The fraction of sp³-hybridized carbons (Fsp3) is 0.467. The largest absolute Gasteiger partial charge is 0.492 e. The van der Waals surface area contributed by atoms with Crippen LogP contribution in [0.15, 0.2) is 18.2 Å². The van der Waals surface area contributed by atoms with Gasteiger partial charge in [-0.25, -0.2) is 0 Å². The summed E-state index contributed by atoms with van der Waals surface area (Å²) < 4.78 is 5.52. The molecule has 4 nitrogen and oxygen atoms in total. The molecule has 0 aromatic heterocycles. The second-order valence-corrected chi connectivity index (χ2v) is 5.26. The number of hydrogen-bond acceptors (Lipinski definition) is 3. The van der Waals surface area contributed by atoms with Gasteiger partial charge in [0.1, 0.15) is 17.3 Å². The average molecular weight is 329 g/mol. The molecule has 0 radical (unpaired) electrons. The zero-order valence-electron chi connectivity index (χ0n) is 11.9. The Hall–Kier alpha value is -1.44. The molecule has 1 aromatic carbocycles. The fourth-order valence-electron chi connectivity index (χ4n) is 1.81. The van der Waals surface area contributed by atoms with Crippen LogP contribution in [-0.2, 0) is 4.79 Å². The molecule has 0 unspecified atom stereocenters. The van der Waals surface area contributed by atoms with Gasteiger partial charge in [0.25, 0.3) is 0 Å². The van der Waals surface area contributed by atoms with Gasteiger partial charge >= 0.3 is 0 Å². The Labute approximate surface area is 135 Å². The molecule has 0 spiro atoms. The molecule has 0 saturated heterocycles. The molecule has 0 aliphatic carbocycles. The van der Waals surface area contributed by atoms with Crippen LogP contribution >= 0.6 is 23.2 Å². The topological polar surface area (TPSA) is 53.3 Å². The first-order valence-electron chi connectivity index (χ1n) is 6.81. The summed E-state index contributed by atoms with van der Waals surface area (Å²) in [4.78, 5) is 13.5. The molecular formula is C15H18Cl2N2O2. The SMILES string of the molecule is CCCN(CC#N)C(=O)CCCOc1cccc(Cl)c1Cl. The van der Waals surface area contributed by atoms with Gasteiger partial charge in [0, 0.05) is 13.0 Å². The van der Waals surface area contributed by atoms with Crippen LogP contribution in [0.2, 0.25) is 10.0 Å². The van der Waals surface area contributed by atoms with Crippen molar-refractivity contribution >= 4 is 29.1 Å². The lowest BCUT2D eigenvalue weighted by Gasteiger charge is -2.18. The smallest absolute Gasteiger partial charge is 0.223 e. The summed E-state index contributed by atoms with van der Waals surface area (Å²) >= 11 is 11.9. The van der Waals surface area contributed by atoms with E-state index in [0.717, 1.165) is 6.42 Å². The Bertz CT molecular complexity index is 515. The van der Waals surface area contributed by atoms with Crippen molar-refractivity contribution in [3.63, 3.8) is 0 Å². The molecule has 6 heteroatoms. The number of rotatable bonds is 8. The molecule has 0 N–H and O–H groups in total. The number of nitrogens with zero attached hydrogens (tertiary/aromatic N) is 2. The standard InChI is InChI=1S/C15H18Cl2N2O2/c1-2-9-19(10-8-18)14(20)7-4-11-21-13-6-3-5-12(16)15(13)17/h3,5-6H,2,4,7,9-11H2,1H3. The highest BCUT2D eigenvalue weighted by Gasteiger charge is 2.12. The summed E-state index contributed by atoms with van der Waals surface area (Å²) in [5.74, 6) is 0.484. The lowest BCUT2D eigenvalue weighted by Crippen LogP contribution is -2.32. The number of benzene rings is 1. The van der Waals surface area contributed by atoms with Gasteiger partial charge in [-0.3, -0.25) is 4.79 Å². The van der Waals surface area contributed by atoms with Gasteiger partial charge in [-0.15, -0.1) is 0 Å². The van der Waals surface area contributed by atoms with Gasteiger partial charge in [0.05, 0.1) is 17.7 Å². The van der Waals surface area contributed by atoms with E-state index in [1.165, 1.54) is 0 Å². The van der Waals surface area contributed by atoms with E-state index in [2.05, 4.69) is 0 Å². The maximum atomic E-state index is 11.9. The molecule has 0 aliphatic rings. The van der Waals surface area contributed by atoms with E-state index in [9.17, 15) is 4.79 Å². The quantitative estimate of drug-likeness (QED) is 0.537. The van der Waals surface area contributed by atoms with E-state index in [-0.39, 0.29) is 12.5 Å². The molecule has 0 saturated carbocycles. The third-order valence-electron chi connectivity index (χ3n) is 2.82. The van der Waals surface area contributed by atoms with E-state index >= 15 is 0 Å². The first-order chi connectivity index (χ1) is 10.1. The minimum Gasteiger partial charge on any atom is -0.492 e. The Kier molecular flexibility index (Phi) is 7.96. The summed E-state index contributed by atoms with van der Waals surface area (Å²) in [5.41, 5.74) is 0. The molecule has 114 valence electrons. The molecule has 0 fully saturated rings. The molecule has 1 aromatic rings. The number of hydrogen-bond donors (Lipinski definition) is 0. The highest BCUT2D eigenvalue weighted by molar-refractivity contribution is 6.42. The third-order valence-corrected chi connectivity index (χ3v) is 3.62. The van der Waals surface area contributed by atoms with Crippen molar-refractivity contribution in [2.75, 3.05) is 19.7 Å². The van der Waals surface area contributed by atoms with Gasteiger partial charge in [0.2, 0.25) is 5.91 Å². The molecule has 0 aliphatic heterocycles. The van der Waals surface area contributed by atoms with Gasteiger partial charge in [-0.05, 0) is 25.0 Å². The molecule has 0 heterocycles. The number of nitriles is 1. The van der Waals surface area contributed by atoms with Crippen molar-refractivity contribution < 1.29 is 9.53 Å². The van der Waals surface area contributed by atoms with E-state index in [0.29, 0.717) is 41.8 Å². The summed E-state index contributed by atoms with van der Waals surface area (Å²) in [5, 5.41) is 9.51. The summed E-state index contributed by atoms with van der Waals surface area (Å²) in [6.45, 7) is 3.08. The first kappa shape index (κ1) is 17.6. The maximum absolute atomic E-state index is 11.9. The number of carbonyl (C=O) groups excluding carboxylic acids is 1. The lowest BCUT2D eigenvalue weighted by atomic mass is 10.2. The highest BCUT2D eigenvalue weighted by atomic mass is 35.5. The zero-order chi connectivity index (χ0) is 15.7. The van der Waals surface area contributed by atoms with Crippen LogP contribution < -0.4 is 4.74 Å². The number of amides is 1. The van der Waals surface area contributed by atoms with Crippen LogP contribution in [0, 0.1) is 11.3 Å². The van der Waals surface area contributed by atoms with Crippen LogP contribution in [0.25, 0.3) is 0 Å². The first-order valence-corrected chi connectivity index (χ1v) is 7.57. The zero-order valence-corrected chi connectivity index (χ0v) is 13.5. The third kappa shape index (κ3) is 5.82. The lowest BCUT2D eigenvalue weighted by molar-refractivity contribution is -0.130. The van der Waals surface area contributed by atoms with Crippen LogP contribution in [-0.4, -0.2) is 30.5 Å². The van der Waals surface area contributed by atoms with E-state index in [1.807, 2.05) is 13.0 Å². The normalized spacial score (nSPS) is 10.0. The van der Waals surface area contributed by atoms with Crippen LogP contribution in [0.1, 0.15) is 26.2 Å². The predicted molar refractivity (Wildman–Crippen MR) is 83.7 cm³/mol. The Morgan fingerprint density at radius 1 is 1.43 bits per heavy atom. The van der Waals surface area contributed by atoms with Gasteiger partial charge in [-0.2, -0.15) is 5.26 Å². The van der Waals surface area contributed by atoms with Crippen molar-refractivity contribution in [2.45, 2.75) is 26.2 Å². The molecule has 0 atom stereocenters.